The van der Waals surface area contributed by atoms with Crippen molar-refractivity contribution in [3.05, 3.63) is 59.9 Å². The summed E-state index contributed by atoms with van der Waals surface area (Å²) in [5.41, 5.74) is 1.12. The van der Waals surface area contributed by atoms with Crippen molar-refractivity contribution in [1.29, 1.82) is 0 Å². The van der Waals surface area contributed by atoms with E-state index in [4.69, 9.17) is 0 Å². The van der Waals surface area contributed by atoms with Gasteiger partial charge in [-0.05, 0) is 38.0 Å². The fourth-order valence-corrected chi connectivity index (χ4v) is 3.89. The van der Waals surface area contributed by atoms with Crippen LogP contribution in [0.25, 0.3) is 11.4 Å². The van der Waals surface area contributed by atoms with Crippen LogP contribution in [0.2, 0.25) is 0 Å². The first-order valence-electron chi connectivity index (χ1n) is 9.25. The highest BCUT2D eigenvalue weighted by atomic mass is 32.2. The van der Waals surface area contributed by atoms with Crippen molar-refractivity contribution in [2.45, 2.75) is 37.0 Å². The van der Waals surface area contributed by atoms with E-state index in [1.165, 1.54) is 23.9 Å². The summed E-state index contributed by atoms with van der Waals surface area (Å²) >= 11 is 1.29. The van der Waals surface area contributed by atoms with Crippen LogP contribution >= 0.6 is 11.8 Å². The minimum atomic E-state index is -0.681. The van der Waals surface area contributed by atoms with Crippen molar-refractivity contribution in [3.8, 4) is 11.4 Å². The maximum atomic E-state index is 13.9. The fourth-order valence-electron chi connectivity index (χ4n) is 3.07. The summed E-state index contributed by atoms with van der Waals surface area (Å²) in [5.74, 6) is -0.737. The van der Waals surface area contributed by atoms with Gasteiger partial charge in [-0.15, -0.1) is 10.2 Å². The zero-order chi connectivity index (χ0) is 20.4. The summed E-state index contributed by atoms with van der Waals surface area (Å²) < 4.78 is 29.0. The zero-order valence-electron chi connectivity index (χ0n) is 15.7. The van der Waals surface area contributed by atoms with Crippen LogP contribution in [0, 0.1) is 11.6 Å². The molecule has 1 aliphatic rings. The molecule has 0 aliphatic heterocycles. The second kappa shape index (κ2) is 8.28. The molecule has 1 amide bonds. The minimum Gasteiger partial charge on any atom is -0.349 e. The Kier molecular flexibility index (Phi) is 5.57. The number of pyridine rings is 1. The highest BCUT2D eigenvalue weighted by Crippen LogP contribution is 2.40. The molecule has 2 aromatic heterocycles. The molecule has 0 saturated heterocycles. The van der Waals surface area contributed by atoms with Crippen LogP contribution in [-0.4, -0.2) is 31.4 Å². The van der Waals surface area contributed by atoms with Gasteiger partial charge in [-0.2, -0.15) is 0 Å². The van der Waals surface area contributed by atoms with Gasteiger partial charge in [0.2, 0.25) is 5.91 Å². The largest absolute Gasteiger partial charge is 0.349 e. The Hall–Kier alpha value is -2.81. The highest BCUT2D eigenvalue weighted by molar-refractivity contribution is 7.99. The average Bonchev–Trinajstić information content (AvgIpc) is 3.45. The molecule has 0 bridgehead atoms. The molecule has 1 saturated carbocycles. The standard InChI is InChI=1S/C20H19F2N5OS/c1-12(16-7-4-14(21)9-17(16)22)24-18(28)11-29-20-26-25-19(27(20)15-5-6-15)13-3-2-8-23-10-13/h2-4,7-10,12,15H,5-6,11H2,1H3,(H,24,28)/t12-/m1/s1. The van der Waals surface area contributed by atoms with Crippen molar-refractivity contribution >= 4 is 17.7 Å². The number of hydrogen-bond donors (Lipinski definition) is 1. The van der Waals surface area contributed by atoms with Crippen molar-refractivity contribution in [3.63, 3.8) is 0 Å². The van der Waals surface area contributed by atoms with Crippen molar-refractivity contribution in [2.24, 2.45) is 0 Å². The van der Waals surface area contributed by atoms with Crippen LogP contribution in [0.1, 0.15) is 37.4 Å². The van der Waals surface area contributed by atoms with Crippen LogP contribution in [0.4, 0.5) is 8.78 Å². The minimum absolute atomic E-state index is 0.116. The third-order valence-corrected chi connectivity index (χ3v) is 5.58. The lowest BCUT2D eigenvalue weighted by Gasteiger charge is -2.15. The van der Waals surface area contributed by atoms with Crippen molar-refractivity contribution < 1.29 is 13.6 Å². The lowest BCUT2D eigenvalue weighted by Crippen LogP contribution is -2.28. The molecule has 0 radical (unpaired) electrons. The number of nitrogens with zero attached hydrogens (tertiary/aromatic N) is 4. The zero-order valence-corrected chi connectivity index (χ0v) is 16.5. The van der Waals surface area contributed by atoms with Gasteiger partial charge in [0.1, 0.15) is 11.6 Å². The molecule has 1 aromatic carbocycles. The Balaban J connectivity index is 1.42. The Morgan fingerprint density at radius 2 is 2.14 bits per heavy atom. The highest BCUT2D eigenvalue weighted by Gasteiger charge is 2.30. The van der Waals surface area contributed by atoms with Gasteiger partial charge in [0.25, 0.3) is 0 Å². The number of carbonyl (C=O) groups is 1. The van der Waals surface area contributed by atoms with Crippen LogP contribution in [0.3, 0.4) is 0 Å². The van der Waals surface area contributed by atoms with E-state index in [9.17, 15) is 13.6 Å². The molecule has 1 N–H and O–H groups in total. The maximum absolute atomic E-state index is 13.9. The molecule has 1 fully saturated rings. The number of aromatic nitrogens is 4. The average molecular weight is 415 g/mol. The molecule has 9 heteroatoms. The first kappa shape index (κ1) is 19.5. The monoisotopic (exact) mass is 415 g/mol. The van der Waals surface area contributed by atoms with Crippen molar-refractivity contribution in [2.75, 3.05) is 5.75 Å². The fraction of sp³-hybridized carbons (Fsp3) is 0.300. The number of thioether (sulfide) groups is 1. The molecule has 0 spiro atoms. The number of amides is 1. The van der Waals surface area contributed by atoms with Crippen LogP contribution in [0.15, 0.2) is 47.9 Å². The second-order valence-electron chi connectivity index (χ2n) is 6.89. The topological polar surface area (TPSA) is 72.7 Å². The molecule has 29 heavy (non-hydrogen) atoms. The van der Waals surface area contributed by atoms with Gasteiger partial charge in [0, 0.05) is 35.6 Å². The van der Waals surface area contributed by atoms with Gasteiger partial charge < -0.3 is 5.32 Å². The Morgan fingerprint density at radius 1 is 1.31 bits per heavy atom. The number of nitrogens with one attached hydrogen (secondary N) is 1. The van der Waals surface area contributed by atoms with Crippen LogP contribution < -0.4 is 5.32 Å². The quantitative estimate of drug-likeness (QED) is 0.592. The number of rotatable bonds is 7. The maximum Gasteiger partial charge on any atom is 0.230 e. The van der Waals surface area contributed by atoms with Crippen molar-refractivity contribution in [1.82, 2.24) is 25.1 Å². The van der Waals surface area contributed by atoms with E-state index in [1.54, 1.807) is 19.3 Å². The SMILES string of the molecule is C[C@@H](NC(=O)CSc1nnc(-c2cccnc2)n1C1CC1)c1ccc(F)cc1F. The molecular weight excluding hydrogens is 396 g/mol. The van der Waals surface area contributed by atoms with Gasteiger partial charge in [0.15, 0.2) is 11.0 Å². The predicted molar refractivity (Wildman–Crippen MR) is 105 cm³/mol. The molecule has 4 rings (SSSR count). The van der Waals surface area contributed by atoms with Crippen LogP contribution in [0.5, 0.6) is 0 Å². The molecule has 1 atom stereocenters. The first-order chi connectivity index (χ1) is 14.0. The Morgan fingerprint density at radius 3 is 2.83 bits per heavy atom. The van der Waals surface area contributed by atoms with Gasteiger partial charge in [0.05, 0.1) is 11.8 Å². The molecule has 1 aliphatic carbocycles. The number of halogens is 2. The molecule has 6 nitrogen and oxygen atoms in total. The summed E-state index contributed by atoms with van der Waals surface area (Å²) in [5, 5.41) is 12.0. The number of hydrogen-bond acceptors (Lipinski definition) is 5. The van der Waals surface area contributed by atoms with E-state index in [-0.39, 0.29) is 17.2 Å². The van der Waals surface area contributed by atoms with E-state index < -0.39 is 17.7 Å². The van der Waals surface area contributed by atoms with E-state index in [0.717, 1.165) is 30.3 Å². The van der Waals surface area contributed by atoms with Gasteiger partial charge in [-0.25, -0.2) is 8.78 Å². The van der Waals surface area contributed by atoms with E-state index >= 15 is 0 Å². The van der Waals surface area contributed by atoms with E-state index in [1.807, 2.05) is 12.1 Å². The Bertz CT molecular complexity index is 1020. The molecule has 0 unspecified atom stereocenters. The number of carbonyl (C=O) groups excluding carboxylic acids is 1. The summed E-state index contributed by atoms with van der Waals surface area (Å²) in [6.07, 6.45) is 5.54. The van der Waals surface area contributed by atoms with Gasteiger partial charge in [-0.3, -0.25) is 14.3 Å². The second-order valence-corrected chi connectivity index (χ2v) is 7.84. The lowest BCUT2D eigenvalue weighted by atomic mass is 10.1. The Labute approximate surface area is 170 Å². The molecule has 150 valence electrons. The molecular formula is C20H19F2N5OS. The normalized spacial score (nSPS) is 14.6. The van der Waals surface area contributed by atoms with E-state index in [0.29, 0.717) is 11.2 Å². The van der Waals surface area contributed by atoms with E-state index in [2.05, 4.69) is 25.1 Å². The molecule has 2 heterocycles. The third kappa shape index (κ3) is 4.45. The summed E-state index contributed by atoms with van der Waals surface area (Å²) in [6.45, 7) is 1.66. The summed E-state index contributed by atoms with van der Waals surface area (Å²) in [4.78, 5) is 16.5. The molecule has 3 aromatic rings. The third-order valence-electron chi connectivity index (χ3n) is 4.64. The first-order valence-corrected chi connectivity index (χ1v) is 10.2. The van der Waals surface area contributed by atoms with Gasteiger partial charge >= 0.3 is 0 Å². The smallest absolute Gasteiger partial charge is 0.230 e. The summed E-state index contributed by atoms with van der Waals surface area (Å²) in [7, 11) is 0. The summed E-state index contributed by atoms with van der Waals surface area (Å²) in [6, 6.07) is 6.85. The predicted octanol–water partition coefficient (Wildman–Crippen LogP) is 3.92. The van der Waals surface area contributed by atoms with Crippen LogP contribution in [-0.2, 0) is 4.79 Å². The number of benzene rings is 1. The lowest BCUT2D eigenvalue weighted by molar-refractivity contribution is -0.119. The van der Waals surface area contributed by atoms with Gasteiger partial charge in [-0.1, -0.05) is 17.8 Å².